The van der Waals surface area contributed by atoms with Crippen molar-refractivity contribution in [2.75, 3.05) is 7.11 Å². The maximum Gasteiger partial charge on any atom is 0.305 e. The van der Waals surface area contributed by atoms with Gasteiger partial charge in [0.1, 0.15) is 0 Å². The van der Waals surface area contributed by atoms with Crippen LogP contribution in [0.1, 0.15) is 31.2 Å². The smallest absolute Gasteiger partial charge is 0.305 e. The normalized spacial score (nSPS) is 12.1. The summed E-state index contributed by atoms with van der Waals surface area (Å²) in [6.07, 6.45) is 1.34. The van der Waals surface area contributed by atoms with E-state index in [4.69, 9.17) is 0 Å². The van der Waals surface area contributed by atoms with Gasteiger partial charge < -0.3 is 4.74 Å². The fourth-order valence-corrected chi connectivity index (χ4v) is 1.38. The molecule has 0 fully saturated rings. The van der Waals surface area contributed by atoms with E-state index in [1.54, 1.807) is 0 Å². The average molecular weight is 192 g/mol. The molecular weight excluding hydrogens is 176 g/mol. The van der Waals surface area contributed by atoms with E-state index in [1.807, 2.05) is 18.2 Å². The SMILES string of the molecule is COC(=O)CC[C@@H](C)c1ccccc1. The monoisotopic (exact) mass is 192 g/mol. The lowest BCUT2D eigenvalue weighted by Crippen LogP contribution is -2.03. The van der Waals surface area contributed by atoms with Crippen LogP contribution in [0.25, 0.3) is 0 Å². The maximum absolute atomic E-state index is 10.9. The highest BCUT2D eigenvalue weighted by Gasteiger charge is 2.07. The first-order chi connectivity index (χ1) is 6.74. The second kappa shape index (κ2) is 5.43. The summed E-state index contributed by atoms with van der Waals surface area (Å²) in [6, 6.07) is 10.2. The molecule has 0 aliphatic rings. The Hall–Kier alpha value is -1.31. The number of methoxy groups -OCH3 is 1. The van der Waals surface area contributed by atoms with E-state index in [-0.39, 0.29) is 5.97 Å². The van der Waals surface area contributed by atoms with E-state index in [1.165, 1.54) is 12.7 Å². The van der Waals surface area contributed by atoms with Crippen LogP contribution in [0, 0.1) is 0 Å². The molecule has 0 aromatic heterocycles. The highest BCUT2D eigenvalue weighted by atomic mass is 16.5. The molecule has 0 N–H and O–H groups in total. The Kier molecular flexibility index (Phi) is 4.17. The number of esters is 1. The molecule has 14 heavy (non-hydrogen) atoms. The van der Waals surface area contributed by atoms with Crippen LogP contribution in [0.15, 0.2) is 30.3 Å². The summed E-state index contributed by atoms with van der Waals surface area (Å²) < 4.78 is 4.60. The predicted molar refractivity (Wildman–Crippen MR) is 56.1 cm³/mol. The molecular formula is C12H16O2. The lowest BCUT2D eigenvalue weighted by molar-refractivity contribution is -0.140. The van der Waals surface area contributed by atoms with Gasteiger partial charge in [-0.15, -0.1) is 0 Å². The molecule has 2 heteroatoms. The van der Waals surface area contributed by atoms with Crippen molar-refractivity contribution < 1.29 is 9.53 Å². The molecule has 0 amide bonds. The van der Waals surface area contributed by atoms with Crippen molar-refractivity contribution in [2.45, 2.75) is 25.7 Å². The minimum atomic E-state index is -0.132. The topological polar surface area (TPSA) is 26.3 Å². The van der Waals surface area contributed by atoms with Crippen LogP contribution in [-0.4, -0.2) is 13.1 Å². The number of rotatable bonds is 4. The van der Waals surface area contributed by atoms with Gasteiger partial charge >= 0.3 is 5.97 Å². The lowest BCUT2D eigenvalue weighted by atomic mass is 9.96. The van der Waals surface area contributed by atoms with Gasteiger partial charge in [-0.2, -0.15) is 0 Å². The molecule has 1 aromatic carbocycles. The minimum absolute atomic E-state index is 0.132. The molecule has 0 bridgehead atoms. The van der Waals surface area contributed by atoms with Crippen LogP contribution in [0.2, 0.25) is 0 Å². The molecule has 2 nitrogen and oxygen atoms in total. The highest BCUT2D eigenvalue weighted by Crippen LogP contribution is 2.19. The van der Waals surface area contributed by atoms with E-state index >= 15 is 0 Å². The van der Waals surface area contributed by atoms with Crippen LogP contribution < -0.4 is 0 Å². The van der Waals surface area contributed by atoms with Crippen LogP contribution in [0.4, 0.5) is 0 Å². The molecule has 0 aliphatic heterocycles. The summed E-state index contributed by atoms with van der Waals surface area (Å²) in [5.41, 5.74) is 1.27. The molecule has 1 atom stereocenters. The molecule has 0 spiro atoms. The molecule has 76 valence electrons. The standard InChI is InChI=1S/C12H16O2/c1-10(8-9-12(13)14-2)11-6-4-3-5-7-11/h3-7,10H,8-9H2,1-2H3/t10-/m1/s1. The first kappa shape index (κ1) is 10.8. The van der Waals surface area contributed by atoms with Crippen LogP contribution >= 0.6 is 0 Å². The van der Waals surface area contributed by atoms with Crippen molar-refractivity contribution in [3.63, 3.8) is 0 Å². The number of benzene rings is 1. The second-order valence-electron chi connectivity index (χ2n) is 3.43. The fraction of sp³-hybridized carbons (Fsp3) is 0.417. The van der Waals surface area contributed by atoms with Gasteiger partial charge in [-0.05, 0) is 17.9 Å². The van der Waals surface area contributed by atoms with Gasteiger partial charge in [-0.25, -0.2) is 0 Å². The van der Waals surface area contributed by atoms with Crippen molar-refractivity contribution in [1.29, 1.82) is 0 Å². The molecule has 0 unspecified atom stereocenters. The van der Waals surface area contributed by atoms with Crippen molar-refractivity contribution in [2.24, 2.45) is 0 Å². The van der Waals surface area contributed by atoms with Crippen molar-refractivity contribution in [1.82, 2.24) is 0 Å². The van der Waals surface area contributed by atoms with Gasteiger partial charge in [0, 0.05) is 6.42 Å². The number of hydrogen-bond donors (Lipinski definition) is 0. The van der Waals surface area contributed by atoms with Crippen molar-refractivity contribution >= 4 is 5.97 Å². The lowest BCUT2D eigenvalue weighted by Gasteiger charge is -2.10. The molecule has 0 saturated heterocycles. The third kappa shape index (κ3) is 3.21. The van der Waals surface area contributed by atoms with E-state index in [0.717, 1.165) is 6.42 Å². The summed E-state index contributed by atoms with van der Waals surface area (Å²) in [7, 11) is 1.43. The summed E-state index contributed by atoms with van der Waals surface area (Å²) >= 11 is 0. The predicted octanol–water partition coefficient (Wildman–Crippen LogP) is 2.74. The summed E-state index contributed by atoms with van der Waals surface area (Å²) in [6.45, 7) is 2.12. The third-order valence-electron chi connectivity index (χ3n) is 2.38. The highest BCUT2D eigenvalue weighted by molar-refractivity contribution is 5.69. The molecule has 1 rings (SSSR count). The fourth-order valence-electron chi connectivity index (χ4n) is 1.38. The molecule has 1 aromatic rings. The Balaban J connectivity index is 2.43. The van der Waals surface area contributed by atoms with Crippen LogP contribution in [0.5, 0.6) is 0 Å². The summed E-state index contributed by atoms with van der Waals surface area (Å²) in [4.78, 5) is 10.9. The van der Waals surface area contributed by atoms with Gasteiger partial charge in [0.15, 0.2) is 0 Å². The van der Waals surface area contributed by atoms with Gasteiger partial charge in [0.25, 0.3) is 0 Å². The van der Waals surface area contributed by atoms with Gasteiger partial charge in [-0.3, -0.25) is 4.79 Å². The van der Waals surface area contributed by atoms with Crippen LogP contribution in [0.3, 0.4) is 0 Å². The summed E-state index contributed by atoms with van der Waals surface area (Å²) in [5.74, 6) is 0.281. The van der Waals surface area contributed by atoms with E-state index in [9.17, 15) is 4.79 Å². The van der Waals surface area contributed by atoms with E-state index < -0.39 is 0 Å². The van der Waals surface area contributed by atoms with Crippen LogP contribution in [-0.2, 0) is 9.53 Å². The largest absolute Gasteiger partial charge is 0.469 e. The zero-order valence-electron chi connectivity index (χ0n) is 8.69. The van der Waals surface area contributed by atoms with E-state index in [0.29, 0.717) is 12.3 Å². The minimum Gasteiger partial charge on any atom is -0.469 e. The van der Waals surface area contributed by atoms with E-state index in [2.05, 4.69) is 23.8 Å². The Bertz CT molecular complexity index is 280. The molecule has 0 aliphatic carbocycles. The maximum atomic E-state index is 10.9. The van der Waals surface area contributed by atoms with Gasteiger partial charge in [0.05, 0.1) is 7.11 Å². The zero-order chi connectivity index (χ0) is 10.4. The quantitative estimate of drug-likeness (QED) is 0.686. The number of hydrogen-bond acceptors (Lipinski definition) is 2. The third-order valence-corrected chi connectivity index (χ3v) is 2.38. The molecule has 0 saturated carbocycles. The Morgan fingerprint density at radius 3 is 2.57 bits per heavy atom. The number of carbonyl (C=O) groups excluding carboxylic acids is 1. The Morgan fingerprint density at radius 1 is 1.36 bits per heavy atom. The zero-order valence-corrected chi connectivity index (χ0v) is 8.69. The number of ether oxygens (including phenoxy) is 1. The number of carbonyl (C=O) groups is 1. The first-order valence-electron chi connectivity index (χ1n) is 4.86. The molecule has 0 heterocycles. The Morgan fingerprint density at radius 2 is 2.00 bits per heavy atom. The van der Waals surface area contributed by atoms with Gasteiger partial charge in [0.2, 0.25) is 0 Å². The van der Waals surface area contributed by atoms with Crippen molar-refractivity contribution in [3.8, 4) is 0 Å². The van der Waals surface area contributed by atoms with Crippen molar-refractivity contribution in [3.05, 3.63) is 35.9 Å². The Labute approximate surface area is 84.9 Å². The molecule has 0 radical (unpaired) electrons. The van der Waals surface area contributed by atoms with Gasteiger partial charge in [-0.1, -0.05) is 37.3 Å². The second-order valence-corrected chi connectivity index (χ2v) is 3.43. The average Bonchev–Trinajstić information content (AvgIpc) is 2.26. The first-order valence-corrected chi connectivity index (χ1v) is 4.86. The summed E-state index contributed by atoms with van der Waals surface area (Å²) in [5, 5.41) is 0.